The maximum Gasteiger partial charge on any atom is 0.344 e. The largest absolute Gasteiger partial charge is 0.507 e. The van der Waals surface area contributed by atoms with Crippen LogP contribution in [0.2, 0.25) is 0 Å². The van der Waals surface area contributed by atoms with E-state index in [1.54, 1.807) is 0 Å². The van der Waals surface area contributed by atoms with Gasteiger partial charge in [-0.05, 0) is 42.0 Å². The zero-order valence-electron chi connectivity index (χ0n) is 18.5. The molecule has 0 aliphatic carbocycles. The lowest BCUT2D eigenvalue weighted by molar-refractivity contribution is 0.392. The Bertz CT molecular complexity index is 1780. The van der Waals surface area contributed by atoms with Crippen molar-refractivity contribution in [3.63, 3.8) is 0 Å². The van der Waals surface area contributed by atoms with Gasteiger partial charge in [0.05, 0.1) is 39.4 Å². The fourth-order valence-corrected chi connectivity index (χ4v) is 4.22. The monoisotopic (exact) mass is 501 g/mol. The normalized spacial score (nSPS) is 11.2. The molecule has 37 heavy (non-hydrogen) atoms. The van der Waals surface area contributed by atoms with Crippen molar-refractivity contribution in [2.45, 2.75) is 5.92 Å². The summed E-state index contributed by atoms with van der Waals surface area (Å²) in [5, 5.41) is 70.8. The molecular weight excluding hydrogens is 486 g/mol. The Morgan fingerprint density at radius 1 is 0.622 bits per heavy atom. The first kappa shape index (κ1) is 23.1. The standard InChI is InChI=1S/C26H15NO10/c27-9-10-1-3-11(4-2-10)16(17-19(30)12-5-7-14(28)21(32)23(12)36-25(17)34)18-20(31)13-6-8-15(29)22(33)24(13)37-26(18)35/h1-8,16,28-33H. The number of aromatic hydroxyl groups is 6. The van der Waals surface area contributed by atoms with E-state index in [9.17, 15) is 40.2 Å². The van der Waals surface area contributed by atoms with Crippen LogP contribution in [0.5, 0.6) is 34.5 Å². The third kappa shape index (κ3) is 3.43. The summed E-state index contributed by atoms with van der Waals surface area (Å²) in [5.41, 5.74) is -4.10. The molecule has 6 N–H and O–H groups in total. The van der Waals surface area contributed by atoms with E-state index in [2.05, 4.69) is 0 Å². The molecule has 0 bridgehead atoms. The van der Waals surface area contributed by atoms with Crippen LogP contribution in [0.15, 0.2) is 67.0 Å². The molecule has 2 aromatic heterocycles. The van der Waals surface area contributed by atoms with E-state index in [0.29, 0.717) is 0 Å². The van der Waals surface area contributed by atoms with E-state index in [1.165, 1.54) is 36.4 Å². The Hall–Kier alpha value is -5.63. The number of phenolic OH excluding ortho intramolecular Hbond substituents is 4. The highest BCUT2D eigenvalue weighted by atomic mass is 16.4. The lowest BCUT2D eigenvalue weighted by atomic mass is 9.84. The van der Waals surface area contributed by atoms with Crippen molar-refractivity contribution in [1.29, 1.82) is 5.26 Å². The van der Waals surface area contributed by atoms with Gasteiger partial charge in [0.2, 0.25) is 11.5 Å². The second-order valence-electron chi connectivity index (χ2n) is 8.09. The van der Waals surface area contributed by atoms with E-state index in [-0.39, 0.29) is 21.9 Å². The van der Waals surface area contributed by atoms with Gasteiger partial charge in [-0.1, -0.05) is 12.1 Å². The van der Waals surface area contributed by atoms with Gasteiger partial charge in [0.25, 0.3) is 0 Å². The van der Waals surface area contributed by atoms with Gasteiger partial charge in [0.1, 0.15) is 11.5 Å². The molecule has 5 rings (SSSR count). The van der Waals surface area contributed by atoms with Gasteiger partial charge in [-0.15, -0.1) is 0 Å². The molecule has 0 atom stereocenters. The molecule has 0 saturated carbocycles. The number of fused-ring (bicyclic) bond motifs is 2. The predicted molar refractivity (Wildman–Crippen MR) is 127 cm³/mol. The Morgan fingerprint density at radius 3 is 1.46 bits per heavy atom. The molecular formula is C26H15NO10. The van der Waals surface area contributed by atoms with E-state index >= 15 is 0 Å². The Balaban J connectivity index is 1.91. The van der Waals surface area contributed by atoms with E-state index < -0.39 is 74.0 Å². The zero-order valence-corrected chi connectivity index (χ0v) is 18.5. The van der Waals surface area contributed by atoms with Crippen LogP contribution in [0.3, 0.4) is 0 Å². The van der Waals surface area contributed by atoms with Crippen LogP contribution in [-0.4, -0.2) is 30.6 Å². The number of benzene rings is 3. The van der Waals surface area contributed by atoms with Gasteiger partial charge >= 0.3 is 11.3 Å². The molecule has 0 aliphatic heterocycles. The maximum absolute atomic E-state index is 13.2. The number of rotatable bonds is 3. The molecule has 0 fully saturated rings. The van der Waals surface area contributed by atoms with Gasteiger partial charge < -0.3 is 39.5 Å². The maximum atomic E-state index is 13.2. The Kier molecular flexibility index (Phi) is 5.15. The van der Waals surface area contributed by atoms with Crippen LogP contribution in [0.4, 0.5) is 0 Å². The molecule has 0 spiro atoms. The van der Waals surface area contributed by atoms with Crippen LogP contribution < -0.4 is 11.3 Å². The van der Waals surface area contributed by atoms with Crippen molar-refractivity contribution < 1.29 is 39.5 Å². The van der Waals surface area contributed by atoms with Crippen molar-refractivity contribution >= 4 is 21.9 Å². The average molecular weight is 501 g/mol. The molecule has 2 heterocycles. The highest BCUT2D eigenvalue weighted by Gasteiger charge is 2.33. The van der Waals surface area contributed by atoms with Crippen molar-refractivity contribution in [2.75, 3.05) is 0 Å². The third-order valence-corrected chi connectivity index (χ3v) is 6.02. The fourth-order valence-electron chi connectivity index (χ4n) is 4.22. The number of hydrogen-bond acceptors (Lipinski definition) is 11. The second kappa shape index (κ2) is 8.24. The lowest BCUT2D eigenvalue weighted by Crippen LogP contribution is -2.21. The summed E-state index contributed by atoms with van der Waals surface area (Å²) in [4.78, 5) is 26.3. The van der Waals surface area contributed by atoms with Gasteiger partial charge in [0, 0.05) is 0 Å². The number of hydrogen-bond donors (Lipinski definition) is 6. The quantitative estimate of drug-likeness (QED) is 0.156. The van der Waals surface area contributed by atoms with Crippen molar-refractivity contribution in [1.82, 2.24) is 0 Å². The van der Waals surface area contributed by atoms with E-state index in [0.717, 1.165) is 12.1 Å². The molecule has 0 aliphatic rings. The molecule has 0 unspecified atom stereocenters. The summed E-state index contributed by atoms with van der Waals surface area (Å²) in [6.07, 6.45) is 0. The molecule has 0 saturated heterocycles. The summed E-state index contributed by atoms with van der Waals surface area (Å²) >= 11 is 0. The van der Waals surface area contributed by atoms with Crippen LogP contribution >= 0.6 is 0 Å². The molecule has 11 heteroatoms. The van der Waals surface area contributed by atoms with Gasteiger partial charge in [-0.3, -0.25) is 0 Å². The summed E-state index contributed by atoms with van der Waals surface area (Å²) in [7, 11) is 0. The molecule has 3 aromatic carbocycles. The SMILES string of the molecule is N#Cc1ccc(C(c2c(O)c3ccc(O)c(O)c3oc2=O)c2c(O)c3ccc(O)c(O)c3oc2=O)cc1. The minimum absolute atomic E-state index is 0.161. The van der Waals surface area contributed by atoms with Crippen LogP contribution in [-0.2, 0) is 0 Å². The summed E-state index contributed by atoms with van der Waals surface area (Å²) in [6.45, 7) is 0. The first-order valence-electron chi connectivity index (χ1n) is 10.5. The number of nitriles is 1. The van der Waals surface area contributed by atoms with E-state index in [4.69, 9.17) is 14.1 Å². The highest BCUT2D eigenvalue weighted by Crippen LogP contribution is 2.45. The predicted octanol–water partition coefficient (Wildman–Crippen LogP) is 3.18. The van der Waals surface area contributed by atoms with Crippen LogP contribution in [0, 0.1) is 11.3 Å². The topological polar surface area (TPSA) is 206 Å². The van der Waals surface area contributed by atoms with E-state index in [1.807, 2.05) is 6.07 Å². The highest BCUT2D eigenvalue weighted by molar-refractivity contribution is 5.92. The summed E-state index contributed by atoms with van der Waals surface area (Å²) < 4.78 is 10.4. The summed E-state index contributed by atoms with van der Waals surface area (Å²) in [6, 6.07) is 11.9. The van der Waals surface area contributed by atoms with Crippen molar-refractivity contribution in [2.24, 2.45) is 0 Å². The second-order valence-corrected chi connectivity index (χ2v) is 8.09. The zero-order chi connectivity index (χ0) is 26.6. The Morgan fingerprint density at radius 2 is 1.05 bits per heavy atom. The first-order chi connectivity index (χ1) is 17.6. The Labute approximate surface area is 205 Å². The van der Waals surface area contributed by atoms with Crippen molar-refractivity contribution in [3.8, 4) is 40.6 Å². The molecule has 0 radical (unpaired) electrons. The fraction of sp³-hybridized carbons (Fsp3) is 0.0385. The van der Waals surface area contributed by atoms with Crippen LogP contribution in [0.1, 0.15) is 28.2 Å². The first-order valence-corrected chi connectivity index (χ1v) is 10.5. The smallest absolute Gasteiger partial charge is 0.344 e. The molecule has 184 valence electrons. The van der Waals surface area contributed by atoms with Crippen LogP contribution in [0.25, 0.3) is 21.9 Å². The molecule has 0 amide bonds. The minimum Gasteiger partial charge on any atom is -0.507 e. The molecule has 11 nitrogen and oxygen atoms in total. The average Bonchev–Trinajstić information content (AvgIpc) is 2.88. The number of nitrogens with zero attached hydrogens (tertiary/aromatic N) is 1. The van der Waals surface area contributed by atoms with Gasteiger partial charge in [-0.25, -0.2) is 9.59 Å². The third-order valence-electron chi connectivity index (χ3n) is 6.02. The number of phenols is 4. The van der Waals surface area contributed by atoms with Gasteiger partial charge in [0.15, 0.2) is 22.7 Å². The lowest BCUT2D eigenvalue weighted by Gasteiger charge is -2.20. The van der Waals surface area contributed by atoms with Crippen molar-refractivity contribution in [3.05, 3.63) is 91.6 Å². The summed E-state index contributed by atoms with van der Waals surface area (Å²) in [5.74, 6) is -5.78. The minimum atomic E-state index is -1.53. The van der Waals surface area contributed by atoms with Gasteiger partial charge in [-0.2, -0.15) is 5.26 Å². The molecule has 5 aromatic rings.